The molecule has 7 rings (SSSR count). The van der Waals surface area contributed by atoms with Gasteiger partial charge in [-0.25, -0.2) is 15.0 Å². The van der Waals surface area contributed by atoms with Crippen molar-refractivity contribution in [2.45, 2.75) is 69.2 Å². The molecule has 0 amide bonds. The number of nitrogens with one attached hydrogen (secondary N) is 1. The summed E-state index contributed by atoms with van der Waals surface area (Å²) in [5.74, 6) is 1.57. The zero-order valence-corrected chi connectivity index (χ0v) is 22.8. The van der Waals surface area contributed by atoms with Crippen LogP contribution in [0.2, 0.25) is 0 Å². The van der Waals surface area contributed by atoms with Gasteiger partial charge in [-0.1, -0.05) is 19.3 Å². The molecule has 0 aromatic carbocycles. The van der Waals surface area contributed by atoms with E-state index < -0.39 is 0 Å². The topological polar surface area (TPSA) is 83.5 Å². The van der Waals surface area contributed by atoms with E-state index in [0.717, 1.165) is 72.4 Å². The number of thiophene rings is 1. The van der Waals surface area contributed by atoms with Gasteiger partial charge in [0, 0.05) is 44.2 Å². The third-order valence-corrected chi connectivity index (χ3v) is 10.4. The lowest BCUT2D eigenvalue weighted by Gasteiger charge is -2.40. The molecule has 3 aromatic heterocycles. The summed E-state index contributed by atoms with van der Waals surface area (Å²) in [4.78, 5) is 33.1. The van der Waals surface area contributed by atoms with Crippen LogP contribution in [0.5, 0.6) is 0 Å². The van der Waals surface area contributed by atoms with Gasteiger partial charge < -0.3 is 15.0 Å². The van der Waals surface area contributed by atoms with Gasteiger partial charge >= 0.3 is 0 Å². The van der Waals surface area contributed by atoms with Crippen molar-refractivity contribution >= 4 is 44.8 Å². The predicted molar refractivity (Wildman–Crippen MR) is 151 cm³/mol. The van der Waals surface area contributed by atoms with Crippen LogP contribution in [0.4, 0.5) is 17.5 Å². The highest BCUT2D eigenvalue weighted by atomic mass is 32.1. The van der Waals surface area contributed by atoms with E-state index >= 15 is 0 Å². The van der Waals surface area contributed by atoms with Crippen LogP contribution in [0.25, 0.3) is 10.2 Å². The Morgan fingerprint density at radius 2 is 1.79 bits per heavy atom. The van der Waals surface area contributed by atoms with E-state index in [9.17, 15) is 4.79 Å². The number of ketones is 1. The van der Waals surface area contributed by atoms with Crippen molar-refractivity contribution in [3.05, 3.63) is 35.0 Å². The molecule has 0 radical (unpaired) electrons. The van der Waals surface area contributed by atoms with Gasteiger partial charge in [0.1, 0.15) is 5.82 Å². The number of hydrogen-bond donors (Lipinski definition) is 1. The van der Waals surface area contributed by atoms with Crippen molar-refractivity contribution < 1.29 is 9.53 Å². The molecule has 3 fully saturated rings. The number of pyridine rings is 1. The molecule has 9 heteroatoms. The number of ether oxygens (including phenoxy) is 1. The van der Waals surface area contributed by atoms with Crippen LogP contribution in [0.1, 0.15) is 73.0 Å². The maximum atomic E-state index is 12.8. The second kappa shape index (κ2) is 10.2. The SMILES string of the molecule is O=C1CCC2(CCCCC2)c2c1sc1cnc(Nc3ccc(N4CCC(N5CCOCC5)CC4)cn3)nc21. The summed E-state index contributed by atoms with van der Waals surface area (Å²) in [6.07, 6.45) is 13.9. The Kier molecular flexibility index (Phi) is 6.53. The van der Waals surface area contributed by atoms with Gasteiger partial charge in [0.05, 0.1) is 46.4 Å². The van der Waals surface area contributed by atoms with Crippen molar-refractivity contribution in [3.63, 3.8) is 0 Å². The zero-order chi connectivity index (χ0) is 25.5. The minimum atomic E-state index is 0.112. The fraction of sp³-hybridized carbons (Fsp3) is 0.586. The molecule has 8 nitrogen and oxygen atoms in total. The second-order valence-electron chi connectivity index (χ2n) is 11.4. The summed E-state index contributed by atoms with van der Waals surface area (Å²) < 4.78 is 6.54. The van der Waals surface area contributed by atoms with E-state index in [0.29, 0.717) is 18.4 Å². The minimum absolute atomic E-state index is 0.112. The molecule has 200 valence electrons. The molecule has 0 unspecified atom stereocenters. The van der Waals surface area contributed by atoms with Crippen molar-refractivity contribution in [3.8, 4) is 0 Å². The number of aromatic nitrogens is 3. The number of carbonyl (C=O) groups excluding carboxylic acids is 1. The van der Waals surface area contributed by atoms with E-state index in [1.807, 2.05) is 18.5 Å². The normalized spacial score (nSPS) is 22.6. The van der Waals surface area contributed by atoms with Gasteiger partial charge in [-0.2, -0.15) is 0 Å². The number of hydrogen-bond acceptors (Lipinski definition) is 9. The number of anilines is 3. The van der Waals surface area contributed by atoms with Gasteiger partial charge in [-0.3, -0.25) is 9.69 Å². The molecular weight excluding hydrogens is 496 g/mol. The first-order chi connectivity index (χ1) is 18.7. The Bertz CT molecular complexity index is 1300. The Labute approximate surface area is 227 Å². The van der Waals surface area contributed by atoms with Crippen LogP contribution in [-0.4, -0.2) is 71.1 Å². The summed E-state index contributed by atoms with van der Waals surface area (Å²) in [6.45, 7) is 5.96. The average molecular weight is 533 g/mol. The molecule has 5 heterocycles. The summed E-state index contributed by atoms with van der Waals surface area (Å²) in [7, 11) is 0. The van der Waals surface area contributed by atoms with E-state index in [-0.39, 0.29) is 11.2 Å². The van der Waals surface area contributed by atoms with Crippen molar-refractivity contribution in [1.29, 1.82) is 0 Å². The van der Waals surface area contributed by atoms with Gasteiger partial charge in [0.25, 0.3) is 0 Å². The number of rotatable bonds is 4. The first-order valence-electron chi connectivity index (χ1n) is 14.3. The predicted octanol–water partition coefficient (Wildman–Crippen LogP) is 5.31. The molecule has 38 heavy (non-hydrogen) atoms. The monoisotopic (exact) mass is 532 g/mol. The maximum absolute atomic E-state index is 12.8. The van der Waals surface area contributed by atoms with E-state index in [1.165, 1.54) is 50.5 Å². The van der Waals surface area contributed by atoms with Crippen LogP contribution >= 0.6 is 11.3 Å². The van der Waals surface area contributed by atoms with Crippen LogP contribution < -0.4 is 10.2 Å². The van der Waals surface area contributed by atoms with Crippen LogP contribution in [-0.2, 0) is 10.2 Å². The molecule has 1 N–H and O–H groups in total. The van der Waals surface area contributed by atoms with Crippen molar-refractivity contribution in [2.75, 3.05) is 49.6 Å². The molecule has 2 aliphatic carbocycles. The smallest absolute Gasteiger partial charge is 0.228 e. The number of carbonyl (C=O) groups is 1. The van der Waals surface area contributed by atoms with E-state index in [2.05, 4.69) is 26.2 Å². The highest BCUT2D eigenvalue weighted by Gasteiger charge is 2.43. The fourth-order valence-electron chi connectivity index (χ4n) is 7.15. The number of morpholine rings is 1. The Morgan fingerprint density at radius 3 is 2.55 bits per heavy atom. The summed E-state index contributed by atoms with van der Waals surface area (Å²) in [5, 5.41) is 3.32. The number of nitrogens with zero attached hydrogens (tertiary/aromatic N) is 5. The number of piperidine rings is 1. The molecule has 2 aliphatic heterocycles. The van der Waals surface area contributed by atoms with Gasteiger partial charge in [0.15, 0.2) is 5.78 Å². The molecule has 2 saturated heterocycles. The molecule has 1 spiro atoms. The second-order valence-corrected chi connectivity index (χ2v) is 12.4. The van der Waals surface area contributed by atoms with Gasteiger partial charge in [0.2, 0.25) is 5.95 Å². The highest BCUT2D eigenvalue weighted by molar-refractivity contribution is 7.21. The Morgan fingerprint density at radius 1 is 0.974 bits per heavy atom. The molecule has 0 bridgehead atoms. The lowest BCUT2D eigenvalue weighted by Crippen LogP contribution is -2.49. The first-order valence-corrected chi connectivity index (χ1v) is 15.1. The Balaban J connectivity index is 1.07. The van der Waals surface area contributed by atoms with E-state index in [4.69, 9.17) is 14.7 Å². The first kappa shape index (κ1) is 24.4. The molecule has 3 aromatic rings. The fourth-order valence-corrected chi connectivity index (χ4v) is 8.36. The molecular formula is C29H36N6O2S. The highest BCUT2D eigenvalue weighted by Crippen LogP contribution is 2.52. The molecule has 4 aliphatic rings. The number of Topliss-reactive ketones (excluding diaryl/α,β-unsaturated/α-hetero) is 1. The lowest BCUT2D eigenvalue weighted by molar-refractivity contribution is 0.0115. The zero-order valence-electron chi connectivity index (χ0n) is 22.0. The van der Waals surface area contributed by atoms with Crippen molar-refractivity contribution in [2.24, 2.45) is 0 Å². The third kappa shape index (κ3) is 4.48. The largest absolute Gasteiger partial charge is 0.379 e. The van der Waals surface area contributed by atoms with Gasteiger partial charge in [-0.05, 0) is 49.7 Å². The average Bonchev–Trinajstić information content (AvgIpc) is 3.38. The summed E-state index contributed by atoms with van der Waals surface area (Å²) in [5.41, 5.74) is 3.46. The number of fused-ring (bicyclic) bond motifs is 4. The van der Waals surface area contributed by atoms with Crippen LogP contribution in [0.15, 0.2) is 24.5 Å². The molecule has 1 saturated carbocycles. The quantitative estimate of drug-likeness (QED) is 0.484. The summed E-state index contributed by atoms with van der Waals surface area (Å²) in [6, 6.07) is 4.83. The standard InChI is InChI=1S/C29H36N6O2S/c36-22-6-11-29(9-2-1-3-10-29)25-26-23(38-27(22)25)19-31-28(33-26)32-24-5-4-21(18-30-24)34-12-7-20(8-13-34)35-14-16-37-17-15-35/h4-5,18-20H,1-3,6-17H2,(H,30,31,32,33). The maximum Gasteiger partial charge on any atom is 0.228 e. The van der Waals surface area contributed by atoms with Crippen molar-refractivity contribution in [1.82, 2.24) is 19.9 Å². The minimum Gasteiger partial charge on any atom is -0.379 e. The van der Waals surface area contributed by atoms with Crippen LogP contribution in [0, 0.1) is 0 Å². The summed E-state index contributed by atoms with van der Waals surface area (Å²) >= 11 is 1.58. The van der Waals surface area contributed by atoms with Crippen LogP contribution in [0.3, 0.4) is 0 Å². The van der Waals surface area contributed by atoms with E-state index in [1.54, 1.807) is 11.3 Å². The lowest BCUT2D eigenvalue weighted by atomic mass is 9.64. The van der Waals surface area contributed by atoms with Gasteiger partial charge in [-0.15, -0.1) is 11.3 Å². The Hall–Kier alpha value is -2.62. The third-order valence-electron chi connectivity index (χ3n) is 9.24. The molecule has 0 atom stereocenters.